The van der Waals surface area contributed by atoms with Gasteiger partial charge >= 0.3 is 0 Å². The first-order chi connectivity index (χ1) is 12.3. The summed E-state index contributed by atoms with van der Waals surface area (Å²) < 4.78 is 0. The van der Waals surface area contributed by atoms with Gasteiger partial charge in [0, 0.05) is 32.0 Å². The number of aromatic nitrogens is 2. The number of anilines is 1. The van der Waals surface area contributed by atoms with Crippen LogP contribution in [0.15, 0.2) is 18.5 Å². The van der Waals surface area contributed by atoms with Crippen LogP contribution in [0, 0.1) is 5.41 Å². The minimum Gasteiger partial charge on any atom is -0.340 e. The van der Waals surface area contributed by atoms with Crippen molar-refractivity contribution >= 4 is 11.9 Å². The maximum Gasteiger partial charge on any atom is 0.245 e. The number of hydrogen-bond donors (Lipinski definition) is 0. The van der Waals surface area contributed by atoms with Gasteiger partial charge in [0.2, 0.25) is 11.9 Å². The first kappa shape index (κ1) is 16.8. The topological polar surface area (TPSA) is 49.3 Å². The zero-order valence-corrected chi connectivity index (χ0v) is 15.2. The second-order valence-electron chi connectivity index (χ2n) is 8.18. The number of amides is 1. The Kier molecular flexibility index (Phi) is 4.91. The van der Waals surface area contributed by atoms with E-state index in [9.17, 15) is 4.79 Å². The van der Waals surface area contributed by atoms with E-state index in [1.807, 2.05) is 6.07 Å². The molecule has 136 valence electrons. The molecule has 5 heteroatoms. The molecule has 2 aliphatic heterocycles. The van der Waals surface area contributed by atoms with Gasteiger partial charge < -0.3 is 9.80 Å². The Morgan fingerprint density at radius 2 is 1.68 bits per heavy atom. The van der Waals surface area contributed by atoms with E-state index in [1.54, 1.807) is 12.4 Å². The highest BCUT2D eigenvalue weighted by atomic mass is 16.2. The Morgan fingerprint density at radius 3 is 2.44 bits per heavy atom. The van der Waals surface area contributed by atoms with Gasteiger partial charge in [-0.05, 0) is 50.0 Å². The van der Waals surface area contributed by atoms with Gasteiger partial charge in [-0.25, -0.2) is 9.97 Å². The highest BCUT2D eigenvalue weighted by Gasteiger charge is 2.41. The molecule has 1 amide bonds. The summed E-state index contributed by atoms with van der Waals surface area (Å²) in [6.45, 7) is 2.80. The fourth-order valence-corrected chi connectivity index (χ4v) is 5.20. The monoisotopic (exact) mass is 342 g/mol. The molecule has 4 rings (SSSR count). The van der Waals surface area contributed by atoms with Crippen LogP contribution in [-0.4, -0.2) is 46.5 Å². The minimum absolute atomic E-state index is 0.0664. The second kappa shape index (κ2) is 7.30. The third-order valence-corrected chi connectivity index (χ3v) is 6.48. The molecule has 5 nitrogen and oxygen atoms in total. The number of likely N-dealkylation sites (tertiary alicyclic amines) is 1. The fourth-order valence-electron chi connectivity index (χ4n) is 5.20. The highest BCUT2D eigenvalue weighted by molar-refractivity contribution is 5.85. The molecule has 0 unspecified atom stereocenters. The third kappa shape index (κ3) is 3.51. The van der Waals surface area contributed by atoms with Crippen LogP contribution < -0.4 is 4.90 Å². The van der Waals surface area contributed by atoms with E-state index in [4.69, 9.17) is 0 Å². The van der Waals surface area contributed by atoms with Gasteiger partial charge in [-0.15, -0.1) is 0 Å². The standard InChI is InChI=1S/C20H30N4O/c25-18(17-8-5-15-24(17)19-21-12-7-13-22-19)23-14-6-11-20(16-23)9-3-1-2-4-10-20/h7,12-13,17H,1-6,8-11,14-16H2/t17-/m1/s1. The largest absolute Gasteiger partial charge is 0.340 e. The molecular formula is C20H30N4O. The Balaban J connectivity index is 1.48. The van der Waals surface area contributed by atoms with E-state index in [0.29, 0.717) is 17.3 Å². The van der Waals surface area contributed by atoms with E-state index < -0.39 is 0 Å². The number of carbonyl (C=O) groups is 1. The summed E-state index contributed by atoms with van der Waals surface area (Å²) in [5, 5.41) is 0. The van der Waals surface area contributed by atoms with Gasteiger partial charge in [0.05, 0.1) is 0 Å². The van der Waals surface area contributed by atoms with Gasteiger partial charge in [-0.2, -0.15) is 0 Å². The smallest absolute Gasteiger partial charge is 0.245 e. The van der Waals surface area contributed by atoms with E-state index in [1.165, 1.54) is 51.4 Å². The molecule has 1 saturated carbocycles. The van der Waals surface area contributed by atoms with Crippen LogP contribution in [0.4, 0.5) is 5.95 Å². The van der Waals surface area contributed by atoms with Gasteiger partial charge in [-0.1, -0.05) is 25.7 Å². The Bertz CT molecular complexity index is 583. The molecule has 1 spiro atoms. The average molecular weight is 342 g/mol. The summed E-state index contributed by atoms with van der Waals surface area (Å²) in [6.07, 6.45) is 16.0. The van der Waals surface area contributed by atoms with Crippen molar-refractivity contribution in [3.8, 4) is 0 Å². The predicted octanol–water partition coefficient (Wildman–Crippen LogP) is 3.41. The van der Waals surface area contributed by atoms with Crippen LogP contribution in [0.1, 0.15) is 64.2 Å². The molecule has 0 aromatic carbocycles. The van der Waals surface area contributed by atoms with Crippen LogP contribution in [0.2, 0.25) is 0 Å². The molecule has 0 bridgehead atoms. The van der Waals surface area contributed by atoms with Crippen LogP contribution in [0.3, 0.4) is 0 Å². The van der Waals surface area contributed by atoms with Crippen LogP contribution in [0.25, 0.3) is 0 Å². The summed E-state index contributed by atoms with van der Waals surface area (Å²) in [5.41, 5.74) is 0.400. The summed E-state index contributed by atoms with van der Waals surface area (Å²) in [7, 11) is 0. The molecule has 1 aromatic heterocycles. The van der Waals surface area contributed by atoms with Gasteiger partial charge in [-0.3, -0.25) is 4.79 Å². The number of nitrogens with zero attached hydrogens (tertiary/aromatic N) is 4. The van der Waals surface area contributed by atoms with Crippen molar-refractivity contribution in [3.63, 3.8) is 0 Å². The molecule has 3 heterocycles. The minimum atomic E-state index is -0.0664. The van der Waals surface area contributed by atoms with E-state index in [2.05, 4.69) is 19.8 Å². The Labute approximate surface area is 150 Å². The van der Waals surface area contributed by atoms with Crippen molar-refractivity contribution in [1.82, 2.24) is 14.9 Å². The first-order valence-electron chi connectivity index (χ1n) is 10.1. The van der Waals surface area contributed by atoms with Crippen LogP contribution in [0.5, 0.6) is 0 Å². The second-order valence-corrected chi connectivity index (χ2v) is 8.18. The van der Waals surface area contributed by atoms with Crippen molar-refractivity contribution in [3.05, 3.63) is 18.5 Å². The van der Waals surface area contributed by atoms with Crippen molar-refractivity contribution in [2.24, 2.45) is 5.41 Å². The number of piperidine rings is 1. The number of hydrogen-bond acceptors (Lipinski definition) is 4. The molecule has 1 aliphatic carbocycles. The average Bonchev–Trinajstić information content (AvgIpc) is 3.04. The lowest BCUT2D eigenvalue weighted by molar-refractivity contribution is -0.136. The maximum atomic E-state index is 13.3. The van der Waals surface area contributed by atoms with E-state index in [-0.39, 0.29) is 6.04 Å². The fraction of sp³-hybridized carbons (Fsp3) is 0.750. The Morgan fingerprint density at radius 1 is 0.960 bits per heavy atom. The van der Waals surface area contributed by atoms with Crippen LogP contribution in [-0.2, 0) is 4.79 Å². The molecule has 1 aromatic rings. The number of carbonyl (C=O) groups excluding carboxylic acids is 1. The third-order valence-electron chi connectivity index (χ3n) is 6.48. The quantitative estimate of drug-likeness (QED) is 0.826. The van der Waals surface area contributed by atoms with Gasteiger partial charge in [0.15, 0.2) is 0 Å². The predicted molar refractivity (Wildman–Crippen MR) is 98.3 cm³/mol. The van der Waals surface area contributed by atoms with Gasteiger partial charge in [0.25, 0.3) is 0 Å². The zero-order valence-electron chi connectivity index (χ0n) is 15.2. The highest BCUT2D eigenvalue weighted by Crippen LogP contribution is 2.42. The van der Waals surface area contributed by atoms with Crippen LogP contribution >= 0.6 is 0 Å². The van der Waals surface area contributed by atoms with Gasteiger partial charge in [0.1, 0.15) is 6.04 Å². The molecule has 0 radical (unpaired) electrons. The molecule has 25 heavy (non-hydrogen) atoms. The molecule has 1 atom stereocenters. The van der Waals surface area contributed by atoms with Crippen molar-refractivity contribution in [2.75, 3.05) is 24.5 Å². The first-order valence-corrected chi connectivity index (χ1v) is 10.1. The maximum absolute atomic E-state index is 13.3. The Hall–Kier alpha value is -1.65. The zero-order chi connectivity index (χ0) is 17.1. The summed E-state index contributed by atoms with van der Waals surface area (Å²) in [5.74, 6) is 1.02. The lowest BCUT2D eigenvalue weighted by Crippen LogP contribution is -2.52. The van der Waals surface area contributed by atoms with Crippen molar-refractivity contribution in [1.29, 1.82) is 0 Å². The summed E-state index contributed by atoms with van der Waals surface area (Å²) in [4.78, 5) is 26.4. The lowest BCUT2D eigenvalue weighted by Gasteiger charge is -2.44. The molecule has 2 saturated heterocycles. The van der Waals surface area contributed by atoms with E-state index >= 15 is 0 Å². The number of rotatable bonds is 2. The SMILES string of the molecule is O=C([C@H]1CCCN1c1ncccn1)N1CCCC2(CCCCCC2)C1. The summed E-state index contributed by atoms with van der Waals surface area (Å²) in [6, 6.07) is 1.76. The lowest BCUT2D eigenvalue weighted by atomic mass is 9.74. The van der Waals surface area contributed by atoms with Crippen molar-refractivity contribution < 1.29 is 4.79 Å². The molecule has 3 aliphatic rings. The van der Waals surface area contributed by atoms with E-state index in [0.717, 1.165) is 32.5 Å². The summed E-state index contributed by atoms with van der Waals surface area (Å²) >= 11 is 0. The molecule has 0 N–H and O–H groups in total. The normalized spacial score (nSPS) is 26.6. The molecular weight excluding hydrogens is 312 g/mol. The molecule has 3 fully saturated rings. The van der Waals surface area contributed by atoms with Crippen molar-refractivity contribution in [2.45, 2.75) is 70.3 Å².